The van der Waals surface area contributed by atoms with Crippen molar-refractivity contribution in [1.82, 2.24) is 4.98 Å². The van der Waals surface area contributed by atoms with Crippen LogP contribution in [0.25, 0.3) is 0 Å². The molecule has 0 spiro atoms. The lowest BCUT2D eigenvalue weighted by Crippen LogP contribution is -2.11. The lowest BCUT2D eigenvalue weighted by molar-refractivity contribution is 0.729. The van der Waals surface area contributed by atoms with E-state index in [9.17, 15) is 0 Å². The summed E-state index contributed by atoms with van der Waals surface area (Å²) in [7, 11) is 0. The van der Waals surface area contributed by atoms with Gasteiger partial charge in [-0.3, -0.25) is 4.98 Å². The van der Waals surface area contributed by atoms with Gasteiger partial charge in [0.25, 0.3) is 0 Å². The van der Waals surface area contributed by atoms with Gasteiger partial charge in [0.05, 0.1) is 0 Å². The predicted molar refractivity (Wildman–Crippen MR) is 145 cm³/mol. The van der Waals surface area contributed by atoms with Gasteiger partial charge in [0.1, 0.15) is 0 Å². The van der Waals surface area contributed by atoms with Gasteiger partial charge in [-0.1, -0.05) is 101 Å². The van der Waals surface area contributed by atoms with Crippen molar-refractivity contribution in [2.45, 2.75) is 132 Å². The van der Waals surface area contributed by atoms with Crippen LogP contribution in [0, 0.1) is 13.8 Å². The number of hydrogen-bond donors (Lipinski definition) is 0. The third-order valence-corrected chi connectivity index (χ3v) is 6.48. The van der Waals surface area contributed by atoms with E-state index >= 15 is 0 Å². The molecule has 0 amide bonds. The maximum Gasteiger partial charge on any atom is 0.0464 e. The largest absolute Gasteiger partial charge is 0.257 e. The topological polar surface area (TPSA) is 12.9 Å². The Hall–Kier alpha value is -1.63. The van der Waals surface area contributed by atoms with Crippen molar-refractivity contribution < 1.29 is 0 Å². The maximum atomic E-state index is 4.84. The van der Waals surface area contributed by atoms with Crippen LogP contribution >= 0.6 is 0 Å². The molecule has 0 radical (unpaired) electrons. The quantitative estimate of drug-likeness (QED) is 0.438. The number of aromatic nitrogens is 1. The highest BCUT2D eigenvalue weighted by molar-refractivity contribution is 5.44. The van der Waals surface area contributed by atoms with Crippen LogP contribution in [0.15, 0.2) is 18.2 Å². The minimum atomic E-state index is 0.507. The monoisotopic (exact) mass is 437 g/mol. The predicted octanol–water partition coefficient (Wildman–Crippen LogP) is 10.1. The van der Waals surface area contributed by atoms with E-state index in [1.807, 2.05) is 0 Å². The van der Waals surface area contributed by atoms with Gasteiger partial charge in [0.2, 0.25) is 0 Å². The van der Waals surface area contributed by atoms with Gasteiger partial charge in [-0.15, -0.1) is 0 Å². The van der Waals surface area contributed by atoms with E-state index in [0.717, 1.165) is 0 Å². The molecule has 1 heteroatoms. The molecule has 2 aromatic rings. The molecule has 0 saturated carbocycles. The van der Waals surface area contributed by atoms with Crippen LogP contribution in [-0.4, -0.2) is 4.98 Å². The molecule has 1 heterocycles. The van der Waals surface area contributed by atoms with Gasteiger partial charge in [-0.2, -0.15) is 0 Å². The number of pyridine rings is 1. The van der Waals surface area contributed by atoms with Crippen molar-refractivity contribution in [3.63, 3.8) is 0 Å². The Bertz CT molecular complexity index is 867. The fraction of sp³-hybridized carbons (Fsp3) is 0.645. The molecule has 0 bridgehead atoms. The summed E-state index contributed by atoms with van der Waals surface area (Å²) in [5.74, 6) is 3.52. The molecular formula is C31H51N. The lowest BCUT2D eigenvalue weighted by atomic mass is 9.84. The third kappa shape index (κ3) is 6.93. The smallest absolute Gasteiger partial charge is 0.0464 e. The number of benzene rings is 1. The highest BCUT2D eigenvalue weighted by Crippen LogP contribution is 2.34. The first kappa shape index (κ1) is 28.4. The maximum absolute atomic E-state index is 4.84. The van der Waals surface area contributed by atoms with E-state index in [4.69, 9.17) is 4.98 Å². The van der Waals surface area contributed by atoms with Gasteiger partial charge in [-0.05, 0) is 82.7 Å². The fourth-order valence-corrected chi connectivity index (χ4v) is 4.87. The molecule has 2 rings (SSSR count). The summed E-state index contributed by atoms with van der Waals surface area (Å²) in [6.07, 6.45) is 0. The van der Waals surface area contributed by atoms with E-state index in [2.05, 4.69) is 115 Å². The Labute approximate surface area is 200 Å². The van der Waals surface area contributed by atoms with Crippen molar-refractivity contribution in [2.75, 3.05) is 0 Å². The van der Waals surface area contributed by atoms with E-state index in [1.165, 1.54) is 44.8 Å². The molecule has 180 valence electrons. The summed E-state index contributed by atoms with van der Waals surface area (Å²) in [5, 5.41) is 0. The molecule has 0 aliphatic carbocycles. The van der Waals surface area contributed by atoms with E-state index < -0.39 is 0 Å². The standard InChI is InChI=1S/C16H27N.C15H24/c1-9(2)14-12(7)16(11(5)6)17-13(8)15(14)10(3)4;1-10(2)13-7-8-14(11(3)4)15(9-13)12(5)6/h9-11H,1-8H3;7-12H,1-6H3. The molecule has 0 saturated heterocycles. The first-order chi connectivity index (χ1) is 14.7. The van der Waals surface area contributed by atoms with Gasteiger partial charge in [-0.25, -0.2) is 0 Å². The number of hydrogen-bond acceptors (Lipinski definition) is 1. The number of rotatable bonds is 6. The van der Waals surface area contributed by atoms with Crippen molar-refractivity contribution in [2.24, 2.45) is 0 Å². The number of aryl methyl sites for hydroxylation is 1. The molecular weight excluding hydrogens is 386 g/mol. The van der Waals surface area contributed by atoms with Crippen LogP contribution in [0.2, 0.25) is 0 Å². The molecule has 0 N–H and O–H groups in total. The van der Waals surface area contributed by atoms with E-state index in [1.54, 1.807) is 0 Å². The molecule has 1 aromatic carbocycles. The summed E-state index contributed by atoms with van der Waals surface area (Å²) in [5.41, 5.74) is 11.4. The molecule has 0 unspecified atom stereocenters. The molecule has 0 aliphatic rings. The Morgan fingerprint density at radius 1 is 0.531 bits per heavy atom. The van der Waals surface area contributed by atoms with Crippen LogP contribution in [0.5, 0.6) is 0 Å². The van der Waals surface area contributed by atoms with E-state index in [0.29, 0.717) is 35.5 Å². The van der Waals surface area contributed by atoms with Crippen molar-refractivity contribution in [3.05, 3.63) is 63.0 Å². The third-order valence-electron chi connectivity index (χ3n) is 6.48. The fourth-order valence-electron chi connectivity index (χ4n) is 4.87. The van der Waals surface area contributed by atoms with E-state index in [-0.39, 0.29) is 0 Å². The summed E-state index contributed by atoms with van der Waals surface area (Å²) in [6.45, 7) is 31.6. The second-order valence-electron chi connectivity index (χ2n) is 11.4. The van der Waals surface area contributed by atoms with Gasteiger partial charge in [0, 0.05) is 11.4 Å². The first-order valence-electron chi connectivity index (χ1n) is 12.8. The average molecular weight is 438 g/mol. The van der Waals surface area contributed by atoms with Crippen molar-refractivity contribution >= 4 is 0 Å². The average Bonchev–Trinajstić information content (AvgIpc) is 2.68. The summed E-state index contributed by atoms with van der Waals surface area (Å²) >= 11 is 0. The SMILES string of the molecule is CC(C)c1ccc(C(C)C)c(C(C)C)c1.Cc1nc(C(C)C)c(C)c(C(C)C)c1C(C)C. The van der Waals surface area contributed by atoms with Gasteiger partial charge >= 0.3 is 0 Å². The Balaban J connectivity index is 0.000000323. The molecule has 0 fully saturated rings. The van der Waals surface area contributed by atoms with Crippen LogP contribution in [-0.2, 0) is 0 Å². The second kappa shape index (κ2) is 12.0. The van der Waals surface area contributed by atoms with Crippen LogP contribution in [0.4, 0.5) is 0 Å². The highest BCUT2D eigenvalue weighted by Gasteiger charge is 2.20. The summed E-state index contributed by atoms with van der Waals surface area (Å²) in [6, 6.07) is 6.99. The zero-order chi connectivity index (χ0) is 24.9. The minimum absolute atomic E-state index is 0.507. The zero-order valence-electron chi connectivity index (χ0n) is 23.6. The Morgan fingerprint density at radius 2 is 1.03 bits per heavy atom. The normalized spacial score (nSPS) is 11.9. The van der Waals surface area contributed by atoms with Gasteiger partial charge in [0.15, 0.2) is 0 Å². The summed E-state index contributed by atoms with van der Waals surface area (Å²) in [4.78, 5) is 4.84. The van der Waals surface area contributed by atoms with Crippen LogP contribution in [0.3, 0.4) is 0 Å². The molecule has 32 heavy (non-hydrogen) atoms. The number of nitrogens with zero attached hydrogens (tertiary/aromatic N) is 1. The lowest BCUT2D eigenvalue weighted by Gasteiger charge is -2.24. The molecule has 0 aliphatic heterocycles. The molecule has 0 atom stereocenters. The Morgan fingerprint density at radius 3 is 1.41 bits per heavy atom. The first-order valence-corrected chi connectivity index (χ1v) is 12.8. The van der Waals surface area contributed by atoms with Crippen LogP contribution < -0.4 is 0 Å². The summed E-state index contributed by atoms with van der Waals surface area (Å²) < 4.78 is 0. The van der Waals surface area contributed by atoms with Gasteiger partial charge < -0.3 is 0 Å². The molecule has 1 aromatic heterocycles. The van der Waals surface area contributed by atoms with Crippen LogP contribution in [0.1, 0.15) is 163 Å². The zero-order valence-corrected chi connectivity index (χ0v) is 23.6. The Kier molecular flexibility index (Phi) is 10.7. The highest BCUT2D eigenvalue weighted by atomic mass is 14.7. The van der Waals surface area contributed by atoms with Crippen molar-refractivity contribution in [1.29, 1.82) is 0 Å². The minimum Gasteiger partial charge on any atom is -0.257 e. The second-order valence-corrected chi connectivity index (χ2v) is 11.4. The molecule has 1 nitrogen and oxygen atoms in total. The van der Waals surface area contributed by atoms with Crippen molar-refractivity contribution in [3.8, 4) is 0 Å².